The monoisotopic (exact) mass is 328 g/mol. The van der Waals surface area contributed by atoms with Crippen molar-refractivity contribution < 1.29 is 4.74 Å². The molecule has 0 aromatic heterocycles. The molecular formula is C13H17BrN2OS. The second-order valence-electron chi connectivity index (χ2n) is 4.45. The zero-order chi connectivity index (χ0) is 13.1. The Kier molecular flexibility index (Phi) is 4.59. The highest BCUT2D eigenvalue weighted by molar-refractivity contribution is 9.10. The number of anilines is 1. The van der Waals surface area contributed by atoms with Crippen molar-refractivity contribution in [3.05, 3.63) is 28.2 Å². The van der Waals surface area contributed by atoms with Crippen LogP contribution in [0.4, 0.5) is 5.69 Å². The van der Waals surface area contributed by atoms with Crippen LogP contribution in [0.1, 0.15) is 25.3 Å². The molecule has 1 aliphatic carbocycles. The van der Waals surface area contributed by atoms with Crippen molar-refractivity contribution in [2.24, 2.45) is 5.73 Å². The summed E-state index contributed by atoms with van der Waals surface area (Å²) in [5, 5.41) is 3.48. The fourth-order valence-electron chi connectivity index (χ4n) is 2.10. The van der Waals surface area contributed by atoms with Gasteiger partial charge in [-0.25, -0.2) is 0 Å². The van der Waals surface area contributed by atoms with Crippen LogP contribution in [0.3, 0.4) is 0 Å². The summed E-state index contributed by atoms with van der Waals surface area (Å²) in [4.78, 5) is 0.411. The van der Waals surface area contributed by atoms with E-state index >= 15 is 0 Å². The van der Waals surface area contributed by atoms with Gasteiger partial charge in [-0.2, -0.15) is 0 Å². The van der Waals surface area contributed by atoms with E-state index in [4.69, 9.17) is 22.7 Å². The van der Waals surface area contributed by atoms with E-state index in [1.54, 1.807) is 0 Å². The lowest BCUT2D eigenvalue weighted by Crippen LogP contribution is -2.40. The first-order chi connectivity index (χ1) is 8.60. The largest absolute Gasteiger partial charge is 0.389 e. The molecule has 0 heterocycles. The zero-order valence-electron chi connectivity index (χ0n) is 10.3. The molecule has 0 radical (unpaired) electrons. The molecule has 1 saturated carbocycles. The average Bonchev–Trinajstić information content (AvgIpc) is 2.26. The number of nitrogens with one attached hydrogen (secondary N) is 1. The molecular weight excluding hydrogens is 312 g/mol. The van der Waals surface area contributed by atoms with Gasteiger partial charge in [-0.05, 0) is 53.9 Å². The number of halogens is 1. The Bertz CT molecular complexity index is 447. The van der Waals surface area contributed by atoms with E-state index in [0.29, 0.717) is 17.1 Å². The number of nitrogens with two attached hydrogens (primary N) is 1. The molecule has 3 N–H and O–H groups in total. The maximum Gasteiger partial charge on any atom is 0.105 e. The molecule has 0 spiro atoms. The summed E-state index contributed by atoms with van der Waals surface area (Å²) in [5.41, 5.74) is 7.58. The topological polar surface area (TPSA) is 47.3 Å². The molecule has 1 fully saturated rings. The van der Waals surface area contributed by atoms with Crippen LogP contribution in [0, 0.1) is 0 Å². The lowest BCUT2D eigenvalue weighted by Gasteiger charge is -2.36. The molecule has 0 unspecified atom stereocenters. The van der Waals surface area contributed by atoms with Gasteiger partial charge < -0.3 is 15.8 Å². The van der Waals surface area contributed by atoms with Crippen molar-refractivity contribution >= 4 is 38.8 Å². The third-order valence-electron chi connectivity index (χ3n) is 3.10. The molecule has 5 heteroatoms. The Hall–Kier alpha value is -0.650. The van der Waals surface area contributed by atoms with Crippen molar-refractivity contribution in [1.29, 1.82) is 0 Å². The van der Waals surface area contributed by atoms with Gasteiger partial charge in [0.05, 0.1) is 6.10 Å². The van der Waals surface area contributed by atoms with Crippen LogP contribution in [0.2, 0.25) is 0 Å². The lowest BCUT2D eigenvalue weighted by molar-refractivity contribution is 0.00299. The van der Waals surface area contributed by atoms with Gasteiger partial charge in [-0.1, -0.05) is 12.2 Å². The fourth-order valence-corrected chi connectivity index (χ4v) is 3.00. The van der Waals surface area contributed by atoms with E-state index in [1.807, 2.05) is 25.1 Å². The molecule has 0 bridgehead atoms. The Morgan fingerprint density at radius 2 is 2.28 bits per heavy atom. The number of hydrogen-bond acceptors (Lipinski definition) is 3. The van der Waals surface area contributed by atoms with Crippen LogP contribution in [-0.4, -0.2) is 23.7 Å². The van der Waals surface area contributed by atoms with Gasteiger partial charge in [0.1, 0.15) is 4.99 Å². The molecule has 2 rings (SSSR count). The van der Waals surface area contributed by atoms with E-state index < -0.39 is 0 Å². The van der Waals surface area contributed by atoms with Crippen molar-refractivity contribution in [3.8, 4) is 0 Å². The molecule has 0 atom stereocenters. The first-order valence-corrected chi connectivity index (χ1v) is 7.27. The Morgan fingerprint density at radius 1 is 1.56 bits per heavy atom. The third-order valence-corrected chi connectivity index (χ3v) is 3.98. The summed E-state index contributed by atoms with van der Waals surface area (Å²) >= 11 is 8.45. The Morgan fingerprint density at radius 3 is 2.83 bits per heavy atom. The van der Waals surface area contributed by atoms with Crippen LogP contribution in [0.5, 0.6) is 0 Å². The predicted molar refractivity (Wildman–Crippen MR) is 82.1 cm³/mol. The summed E-state index contributed by atoms with van der Waals surface area (Å²) in [7, 11) is 0. The van der Waals surface area contributed by atoms with Gasteiger partial charge in [-0.3, -0.25) is 0 Å². The molecule has 1 aromatic rings. The van der Waals surface area contributed by atoms with Crippen LogP contribution >= 0.6 is 28.1 Å². The minimum absolute atomic E-state index is 0.411. The normalized spacial score (nSPS) is 22.3. The highest BCUT2D eigenvalue weighted by atomic mass is 79.9. The highest BCUT2D eigenvalue weighted by Gasteiger charge is 2.29. The maximum atomic E-state index is 5.62. The van der Waals surface area contributed by atoms with Gasteiger partial charge in [0.25, 0.3) is 0 Å². The molecule has 3 nitrogen and oxygen atoms in total. The van der Waals surface area contributed by atoms with E-state index in [-0.39, 0.29) is 0 Å². The summed E-state index contributed by atoms with van der Waals surface area (Å²) in [6.07, 6.45) is 2.57. The number of hydrogen-bond donors (Lipinski definition) is 2. The lowest BCUT2D eigenvalue weighted by atomic mass is 9.89. The smallest absolute Gasteiger partial charge is 0.105 e. The summed E-state index contributed by atoms with van der Waals surface area (Å²) < 4.78 is 6.47. The van der Waals surface area contributed by atoms with E-state index in [0.717, 1.165) is 35.2 Å². The van der Waals surface area contributed by atoms with E-state index in [9.17, 15) is 0 Å². The minimum atomic E-state index is 0.411. The predicted octanol–water partition coefficient (Wildman–Crippen LogP) is 3.06. The quantitative estimate of drug-likeness (QED) is 0.815. The molecule has 98 valence electrons. The Labute approximate surface area is 121 Å². The second kappa shape index (κ2) is 5.99. The van der Waals surface area contributed by atoms with E-state index in [1.165, 1.54) is 0 Å². The molecule has 18 heavy (non-hydrogen) atoms. The number of benzene rings is 1. The third kappa shape index (κ3) is 3.22. The first kappa shape index (κ1) is 13.8. The summed E-state index contributed by atoms with van der Waals surface area (Å²) in [5.74, 6) is 0. The van der Waals surface area contributed by atoms with Gasteiger partial charge in [-0.15, -0.1) is 0 Å². The first-order valence-electron chi connectivity index (χ1n) is 6.07. The van der Waals surface area contributed by atoms with Crippen LogP contribution in [-0.2, 0) is 4.74 Å². The van der Waals surface area contributed by atoms with E-state index in [2.05, 4.69) is 21.2 Å². The summed E-state index contributed by atoms with van der Waals surface area (Å²) in [6, 6.07) is 6.47. The highest BCUT2D eigenvalue weighted by Crippen LogP contribution is 2.28. The summed E-state index contributed by atoms with van der Waals surface area (Å²) in [6.45, 7) is 2.83. The number of rotatable bonds is 5. The molecule has 0 amide bonds. The van der Waals surface area contributed by atoms with Gasteiger partial charge >= 0.3 is 0 Å². The average molecular weight is 329 g/mol. The maximum absolute atomic E-state index is 5.62. The van der Waals surface area contributed by atoms with Crippen molar-refractivity contribution in [1.82, 2.24) is 0 Å². The van der Waals surface area contributed by atoms with Crippen LogP contribution < -0.4 is 11.1 Å². The fraction of sp³-hybridized carbons (Fsp3) is 0.462. The molecule has 0 saturated heterocycles. The molecule has 1 aromatic carbocycles. The Balaban J connectivity index is 1.92. The molecule has 1 aliphatic rings. The SMILES string of the molecule is CCOC1CC(Nc2ccc(C(N)=S)c(Br)c2)C1. The standard InChI is InChI=1S/C13H17BrN2OS/c1-2-17-10-5-9(6-10)16-8-3-4-11(13(15)18)12(14)7-8/h3-4,7,9-10,16H,2,5-6H2,1H3,(H2,15,18). The minimum Gasteiger partial charge on any atom is -0.389 e. The van der Waals surface area contributed by atoms with Crippen LogP contribution in [0.15, 0.2) is 22.7 Å². The van der Waals surface area contributed by atoms with Crippen molar-refractivity contribution in [2.75, 3.05) is 11.9 Å². The number of ether oxygens (including phenoxy) is 1. The van der Waals surface area contributed by atoms with Crippen LogP contribution in [0.25, 0.3) is 0 Å². The van der Waals surface area contributed by atoms with Crippen molar-refractivity contribution in [3.63, 3.8) is 0 Å². The second-order valence-corrected chi connectivity index (χ2v) is 5.74. The number of thiocarbonyl (C=S) groups is 1. The van der Waals surface area contributed by atoms with Gasteiger partial charge in [0.15, 0.2) is 0 Å². The van der Waals surface area contributed by atoms with Crippen molar-refractivity contribution in [2.45, 2.75) is 31.9 Å². The van der Waals surface area contributed by atoms with Gasteiger partial charge in [0.2, 0.25) is 0 Å². The molecule has 0 aliphatic heterocycles. The van der Waals surface area contributed by atoms with Gasteiger partial charge in [0, 0.05) is 28.4 Å². The zero-order valence-corrected chi connectivity index (χ0v) is 12.7.